The van der Waals surface area contributed by atoms with E-state index in [-0.39, 0.29) is 5.82 Å². The molecule has 0 aromatic heterocycles. The van der Waals surface area contributed by atoms with E-state index in [4.69, 9.17) is 0 Å². The molecule has 2 nitrogen and oxygen atoms in total. The minimum absolute atomic E-state index is 0.0825. The molecule has 2 bridgehead atoms. The standard InChI is InChI=1S/C17H23FN2/c18-15-3-1-2-4-16(15)19-7-9-20(10-8-19)17-12-13-5-6-14(17)11-13/h1-4,13-14,17H,5-12H2. The molecule has 108 valence electrons. The lowest BCUT2D eigenvalue weighted by molar-refractivity contribution is 0.134. The normalized spacial score (nSPS) is 33.9. The Morgan fingerprint density at radius 1 is 0.950 bits per heavy atom. The molecule has 3 atom stereocenters. The summed E-state index contributed by atoms with van der Waals surface area (Å²) in [6.07, 6.45) is 5.81. The van der Waals surface area contributed by atoms with E-state index in [1.54, 1.807) is 12.1 Å². The molecule has 3 fully saturated rings. The van der Waals surface area contributed by atoms with Gasteiger partial charge in [0, 0.05) is 32.2 Å². The van der Waals surface area contributed by atoms with Crippen LogP contribution in [-0.4, -0.2) is 37.1 Å². The second kappa shape index (κ2) is 5.03. The van der Waals surface area contributed by atoms with Crippen LogP contribution in [0.3, 0.4) is 0 Å². The fourth-order valence-corrected chi connectivity index (χ4v) is 4.66. The van der Waals surface area contributed by atoms with Gasteiger partial charge in [-0.25, -0.2) is 4.39 Å². The number of piperazine rings is 1. The van der Waals surface area contributed by atoms with Gasteiger partial charge in [0.2, 0.25) is 0 Å². The van der Waals surface area contributed by atoms with Crippen molar-refractivity contribution < 1.29 is 4.39 Å². The lowest BCUT2D eigenvalue weighted by Gasteiger charge is -2.41. The average molecular weight is 274 g/mol. The molecule has 20 heavy (non-hydrogen) atoms. The Bertz CT molecular complexity index is 482. The van der Waals surface area contributed by atoms with E-state index in [9.17, 15) is 4.39 Å². The van der Waals surface area contributed by atoms with Gasteiger partial charge in [-0.05, 0) is 43.2 Å². The highest BCUT2D eigenvalue weighted by molar-refractivity contribution is 5.48. The number of fused-ring (bicyclic) bond motifs is 2. The van der Waals surface area contributed by atoms with Gasteiger partial charge in [0.15, 0.2) is 0 Å². The molecular weight excluding hydrogens is 251 g/mol. The van der Waals surface area contributed by atoms with E-state index < -0.39 is 0 Å². The van der Waals surface area contributed by atoms with Gasteiger partial charge in [0.25, 0.3) is 0 Å². The minimum Gasteiger partial charge on any atom is -0.367 e. The number of hydrogen-bond acceptors (Lipinski definition) is 2. The van der Waals surface area contributed by atoms with Gasteiger partial charge in [0.1, 0.15) is 5.82 Å². The van der Waals surface area contributed by atoms with E-state index in [1.807, 2.05) is 12.1 Å². The second-order valence-electron chi connectivity index (χ2n) is 6.72. The Morgan fingerprint density at radius 3 is 2.40 bits per heavy atom. The van der Waals surface area contributed by atoms with Gasteiger partial charge in [-0.15, -0.1) is 0 Å². The number of anilines is 1. The van der Waals surface area contributed by atoms with Crippen molar-refractivity contribution in [3.05, 3.63) is 30.1 Å². The third-order valence-electron chi connectivity index (χ3n) is 5.68. The third kappa shape index (κ3) is 2.12. The largest absolute Gasteiger partial charge is 0.367 e. The zero-order valence-electron chi connectivity index (χ0n) is 12.0. The Hall–Kier alpha value is -1.09. The first kappa shape index (κ1) is 12.6. The molecule has 1 aromatic rings. The first-order valence-corrected chi connectivity index (χ1v) is 8.05. The van der Waals surface area contributed by atoms with Gasteiger partial charge >= 0.3 is 0 Å². The maximum absolute atomic E-state index is 13.8. The van der Waals surface area contributed by atoms with E-state index in [0.29, 0.717) is 0 Å². The summed E-state index contributed by atoms with van der Waals surface area (Å²) >= 11 is 0. The molecule has 1 heterocycles. The van der Waals surface area contributed by atoms with Gasteiger partial charge in [-0.2, -0.15) is 0 Å². The summed E-state index contributed by atoms with van der Waals surface area (Å²) in [5, 5.41) is 0. The van der Waals surface area contributed by atoms with Crippen LogP contribution >= 0.6 is 0 Å². The van der Waals surface area contributed by atoms with Crippen molar-refractivity contribution in [3.8, 4) is 0 Å². The van der Waals surface area contributed by atoms with Gasteiger partial charge in [-0.1, -0.05) is 18.6 Å². The van der Waals surface area contributed by atoms with E-state index in [0.717, 1.165) is 49.7 Å². The fraction of sp³-hybridized carbons (Fsp3) is 0.647. The Morgan fingerprint density at radius 2 is 1.75 bits per heavy atom. The average Bonchev–Trinajstić information content (AvgIpc) is 3.11. The first-order chi connectivity index (χ1) is 9.81. The molecule has 1 saturated heterocycles. The highest BCUT2D eigenvalue weighted by Gasteiger charge is 2.42. The third-order valence-corrected chi connectivity index (χ3v) is 5.68. The van der Waals surface area contributed by atoms with E-state index >= 15 is 0 Å². The van der Waals surface area contributed by atoms with E-state index in [1.165, 1.54) is 25.7 Å². The smallest absolute Gasteiger partial charge is 0.146 e. The maximum atomic E-state index is 13.8. The minimum atomic E-state index is -0.0825. The van der Waals surface area contributed by atoms with E-state index in [2.05, 4.69) is 9.80 Å². The first-order valence-electron chi connectivity index (χ1n) is 8.05. The van der Waals surface area contributed by atoms with Gasteiger partial charge in [-0.3, -0.25) is 4.90 Å². The summed E-state index contributed by atoms with van der Waals surface area (Å²) in [6, 6.07) is 8.00. The molecular formula is C17H23FN2. The highest BCUT2D eigenvalue weighted by atomic mass is 19.1. The molecule has 2 aliphatic carbocycles. The summed E-state index contributed by atoms with van der Waals surface area (Å²) < 4.78 is 13.8. The fourth-order valence-electron chi connectivity index (χ4n) is 4.66. The Labute approximate surface area is 120 Å². The van der Waals surface area contributed by atoms with Crippen LogP contribution in [0, 0.1) is 17.7 Å². The molecule has 1 aromatic carbocycles. The van der Waals surface area contributed by atoms with Crippen LogP contribution in [0.2, 0.25) is 0 Å². The van der Waals surface area contributed by atoms with Crippen molar-refractivity contribution in [2.24, 2.45) is 11.8 Å². The summed E-state index contributed by atoms with van der Waals surface area (Å²) in [6.45, 7) is 4.13. The van der Waals surface area contributed by atoms with Crippen molar-refractivity contribution in [1.82, 2.24) is 4.90 Å². The zero-order valence-corrected chi connectivity index (χ0v) is 12.0. The lowest BCUT2D eigenvalue weighted by atomic mass is 9.93. The SMILES string of the molecule is Fc1ccccc1N1CCN(C2CC3CCC2C3)CC1. The van der Waals surface area contributed by atoms with Crippen LogP contribution in [0.15, 0.2) is 24.3 Å². The molecule has 4 rings (SSSR count). The second-order valence-corrected chi connectivity index (χ2v) is 6.72. The number of para-hydroxylation sites is 1. The lowest BCUT2D eigenvalue weighted by Crippen LogP contribution is -2.52. The van der Waals surface area contributed by atoms with Crippen LogP contribution in [0.5, 0.6) is 0 Å². The van der Waals surface area contributed by atoms with Crippen LogP contribution < -0.4 is 4.90 Å². The van der Waals surface area contributed by atoms with Gasteiger partial charge < -0.3 is 4.90 Å². The molecule has 3 heteroatoms. The summed E-state index contributed by atoms with van der Waals surface area (Å²) in [7, 11) is 0. The number of rotatable bonds is 2. The van der Waals surface area contributed by atoms with Crippen LogP contribution in [-0.2, 0) is 0 Å². The molecule has 3 aliphatic rings. The number of nitrogens with zero attached hydrogens (tertiary/aromatic N) is 2. The number of benzene rings is 1. The van der Waals surface area contributed by atoms with Crippen LogP contribution in [0.25, 0.3) is 0 Å². The number of hydrogen-bond donors (Lipinski definition) is 0. The molecule has 0 amide bonds. The van der Waals surface area contributed by atoms with Crippen molar-refractivity contribution >= 4 is 5.69 Å². The zero-order chi connectivity index (χ0) is 13.5. The molecule has 2 saturated carbocycles. The molecule has 0 radical (unpaired) electrons. The van der Waals surface area contributed by atoms with Crippen molar-refractivity contribution in [2.75, 3.05) is 31.1 Å². The highest BCUT2D eigenvalue weighted by Crippen LogP contribution is 2.46. The summed E-state index contributed by atoms with van der Waals surface area (Å²) in [5.41, 5.74) is 0.778. The van der Waals surface area contributed by atoms with Crippen molar-refractivity contribution in [2.45, 2.75) is 31.7 Å². The Kier molecular flexibility index (Phi) is 3.18. The monoisotopic (exact) mass is 274 g/mol. The van der Waals surface area contributed by atoms with Crippen molar-refractivity contribution in [3.63, 3.8) is 0 Å². The summed E-state index contributed by atoms with van der Waals surface area (Å²) in [5.74, 6) is 1.88. The van der Waals surface area contributed by atoms with Crippen molar-refractivity contribution in [1.29, 1.82) is 0 Å². The number of halogens is 1. The maximum Gasteiger partial charge on any atom is 0.146 e. The molecule has 1 aliphatic heterocycles. The van der Waals surface area contributed by atoms with Crippen LogP contribution in [0.1, 0.15) is 25.7 Å². The Balaban J connectivity index is 1.40. The molecule has 0 spiro atoms. The summed E-state index contributed by atoms with van der Waals surface area (Å²) in [4.78, 5) is 4.89. The molecule has 3 unspecified atom stereocenters. The van der Waals surface area contributed by atoms with Crippen LogP contribution in [0.4, 0.5) is 10.1 Å². The predicted molar refractivity (Wildman–Crippen MR) is 79.4 cm³/mol. The molecule has 0 N–H and O–H groups in total. The topological polar surface area (TPSA) is 6.48 Å². The quantitative estimate of drug-likeness (QED) is 0.817. The van der Waals surface area contributed by atoms with Gasteiger partial charge in [0.05, 0.1) is 5.69 Å². The predicted octanol–water partition coefficient (Wildman–Crippen LogP) is 3.14.